The molecule has 0 saturated carbocycles. The summed E-state index contributed by atoms with van der Waals surface area (Å²) in [6, 6.07) is 12.0. The lowest BCUT2D eigenvalue weighted by atomic mass is 9.83. The molecule has 0 unspecified atom stereocenters. The summed E-state index contributed by atoms with van der Waals surface area (Å²) in [7, 11) is 1.37. The van der Waals surface area contributed by atoms with E-state index in [0.29, 0.717) is 30.9 Å². The van der Waals surface area contributed by atoms with Crippen molar-refractivity contribution >= 4 is 23.4 Å². The van der Waals surface area contributed by atoms with Gasteiger partial charge >= 0.3 is 11.8 Å². The zero-order chi connectivity index (χ0) is 20.5. The van der Waals surface area contributed by atoms with E-state index in [-0.39, 0.29) is 23.3 Å². The third-order valence-electron chi connectivity index (χ3n) is 5.61. The molecule has 1 saturated heterocycles. The zero-order valence-corrected chi connectivity index (χ0v) is 16.1. The van der Waals surface area contributed by atoms with E-state index in [0.717, 1.165) is 12.1 Å². The number of aromatic nitrogens is 1. The topological polar surface area (TPSA) is 101 Å². The number of amides is 3. The van der Waals surface area contributed by atoms with Crippen LogP contribution in [0.25, 0.3) is 0 Å². The maximum absolute atomic E-state index is 13.3. The largest absolute Gasteiger partial charge is 0.351 e. The first kappa shape index (κ1) is 18.9. The molecule has 1 aromatic carbocycles. The molecule has 150 valence electrons. The van der Waals surface area contributed by atoms with Crippen molar-refractivity contribution in [3.8, 4) is 0 Å². The molecule has 4 rings (SSSR count). The van der Waals surface area contributed by atoms with Gasteiger partial charge in [-0.25, -0.2) is 0 Å². The van der Waals surface area contributed by atoms with Gasteiger partial charge in [-0.3, -0.25) is 19.2 Å². The monoisotopic (exact) mass is 394 g/mol. The van der Waals surface area contributed by atoms with Crippen molar-refractivity contribution in [3.63, 3.8) is 0 Å². The number of anilines is 1. The van der Waals surface area contributed by atoms with Crippen LogP contribution >= 0.6 is 0 Å². The van der Waals surface area contributed by atoms with E-state index >= 15 is 0 Å². The number of pyridine rings is 1. The van der Waals surface area contributed by atoms with Crippen LogP contribution in [0.15, 0.2) is 47.3 Å². The van der Waals surface area contributed by atoms with Crippen LogP contribution in [0.4, 0.5) is 5.69 Å². The normalized spacial score (nSPS) is 19.8. The Kier molecular flexibility index (Phi) is 4.92. The van der Waals surface area contributed by atoms with Crippen molar-refractivity contribution in [2.75, 3.05) is 25.5 Å². The van der Waals surface area contributed by atoms with Crippen LogP contribution in [0.3, 0.4) is 0 Å². The Morgan fingerprint density at radius 3 is 2.55 bits per heavy atom. The standard InChI is InChI=1S/C21H22N4O4/c1-22-19(27)20(28)23-16-6-3-2-5-15(16)21(29)24-10-13-9-14(12-24)17-7-4-8-18(26)25(17)11-13/h2-8,13-14H,9-12H2,1H3,(H,22,27)(H,23,28)/t13-,14-/m0/s1. The molecule has 0 spiro atoms. The number of likely N-dealkylation sites (tertiary alicyclic amines) is 1. The maximum atomic E-state index is 13.3. The minimum atomic E-state index is -0.823. The van der Waals surface area contributed by atoms with E-state index in [9.17, 15) is 19.2 Å². The maximum Gasteiger partial charge on any atom is 0.313 e. The number of benzene rings is 1. The van der Waals surface area contributed by atoms with Gasteiger partial charge in [0.05, 0.1) is 11.3 Å². The lowest BCUT2D eigenvalue weighted by molar-refractivity contribution is -0.135. The molecule has 2 bridgehead atoms. The van der Waals surface area contributed by atoms with E-state index in [1.807, 2.05) is 10.6 Å². The number of nitrogens with zero attached hydrogens (tertiary/aromatic N) is 2. The number of carbonyl (C=O) groups is 3. The highest BCUT2D eigenvalue weighted by Gasteiger charge is 2.37. The average molecular weight is 394 g/mol. The molecule has 8 nitrogen and oxygen atoms in total. The predicted octanol–water partition coefficient (Wildman–Crippen LogP) is 0.792. The highest BCUT2D eigenvalue weighted by atomic mass is 16.2. The number of nitrogens with one attached hydrogen (secondary N) is 2. The third kappa shape index (κ3) is 3.53. The van der Waals surface area contributed by atoms with Gasteiger partial charge in [-0.15, -0.1) is 0 Å². The first-order valence-electron chi connectivity index (χ1n) is 9.59. The lowest BCUT2D eigenvalue weighted by Gasteiger charge is -2.42. The van der Waals surface area contributed by atoms with Gasteiger partial charge in [0, 0.05) is 44.4 Å². The molecule has 0 aliphatic carbocycles. The molecule has 2 aliphatic heterocycles. The van der Waals surface area contributed by atoms with Crippen LogP contribution in [-0.2, 0) is 16.1 Å². The molecule has 2 aliphatic rings. The summed E-state index contributed by atoms with van der Waals surface area (Å²) in [5.41, 5.74) is 1.61. The Hall–Kier alpha value is -3.42. The van der Waals surface area contributed by atoms with Crippen molar-refractivity contribution in [3.05, 3.63) is 64.1 Å². The lowest BCUT2D eigenvalue weighted by Crippen LogP contribution is -2.49. The second kappa shape index (κ2) is 7.54. The Bertz CT molecular complexity index is 1040. The number of hydrogen-bond acceptors (Lipinski definition) is 4. The third-order valence-corrected chi connectivity index (χ3v) is 5.61. The fourth-order valence-corrected chi connectivity index (χ4v) is 4.30. The summed E-state index contributed by atoms with van der Waals surface area (Å²) in [4.78, 5) is 50.7. The zero-order valence-electron chi connectivity index (χ0n) is 16.1. The van der Waals surface area contributed by atoms with Crippen LogP contribution in [0.5, 0.6) is 0 Å². The van der Waals surface area contributed by atoms with E-state index < -0.39 is 11.8 Å². The number of para-hydroxylation sites is 1. The number of fused-ring (bicyclic) bond motifs is 4. The molecule has 1 fully saturated rings. The van der Waals surface area contributed by atoms with Crippen molar-refractivity contribution < 1.29 is 14.4 Å². The van der Waals surface area contributed by atoms with Gasteiger partial charge in [0.15, 0.2) is 0 Å². The van der Waals surface area contributed by atoms with Gasteiger partial charge in [0.25, 0.3) is 11.5 Å². The van der Waals surface area contributed by atoms with E-state index in [4.69, 9.17) is 0 Å². The van der Waals surface area contributed by atoms with Crippen LogP contribution < -0.4 is 16.2 Å². The molecule has 8 heteroatoms. The van der Waals surface area contributed by atoms with Gasteiger partial charge < -0.3 is 20.1 Å². The minimum Gasteiger partial charge on any atom is -0.351 e. The van der Waals surface area contributed by atoms with Crippen LogP contribution in [0.2, 0.25) is 0 Å². The summed E-state index contributed by atoms with van der Waals surface area (Å²) >= 11 is 0. The summed E-state index contributed by atoms with van der Waals surface area (Å²) in [5, 5.41) is 4.77. The number of likely N-dealkylation sites (N-methyl/N-ethyl adjacent to an activating group) is 1. The van der Waals surface area contributed by atoms with Gasteiger partial charge in [-0.1, -0.05) is 18.2 Å². The van der Waals surface area contributed by atoms with Crippen molar-refractivity contribution in [1.29, 1.82) is 0 Å². The summed E-state index contributed by atoms with van der Waals surface area (Å²) in [6.45, 7) is 1.66. The van der Waals surface area contributed by atoms with Crippen LogP contribution in [0, 0.1) is 5.92 Å². The molecular formula is C21H22N4O4. The molecule has 2 aromatic rings. The molecular weight excluding hydrogens is 372 g/mol. The molecule has 2 atom stereocenters. The van der Waals surface area contributed by atoms with Crippen LogP contribution in [0.1, 0.15) is 28.4 Å². The summed E-state index contributed by atoms with van der Waals surface area (Å²) < 4.78 is 1.82. The quantitative estimate of drug-likeness (QED) is 0.736. The van der Waals surface area contributed by atoms with Gasteiger partial charge in [-0.05, 0) is 30.5 Å². The Morgan fingerprint density at radius 2 is 1.76 bits per heavy atom. The van der Waals surface area contributed by atoms with Gasteiger partial charge in [0.2, 0.25) is 0 Å². The Morgan fingerprint density at radius 1 is 0.966 bits per heavy atom. The number of rotatable bonds is 2. The number of piperidine rings is 1. The van der Waals surface area contributed by atoms with Gasteiger partial charge in [0.1, 0.15) is 0 Å². The van der Waals surface area contributed by atoms with Crippen molar-refractivity contribution in [2.45, 2.75) is 18.9 Å². The smallest absolute Gasteiger partial charge is 0.313 e. The Balaban J connectivity index is 1.58. The first-order valence-corrected chi connectivity index (χ1v) is 9.59. The van der Waals surface area contributed by atoms with Crippen molar-refractivity contribution in [1.82, 2.24) is 14.8 Å². The van der Waals surface area contributed by atoms with Crippen LogP contribution in [-0.4, -0.2) is 47.3 Å². The Labute approximate surface area is 167 Å². The predicted molar refractivity (Wildman–Crippen MR) is 107 cm³/mol. The molecule has 3 amide bonds. The second-order valence-electron chi connectivity index (χ2n) is 7.49. The van der Waals surface area contributed by atoms with E-state index in [1.165, 1.54) is 7.05 Å². The highest BCUT2D eigenvalue weighted by Crippen LogP contribution is 2.35. The molecule has 0 radical (unpaired) electrons. The van der Waals surface area contributed by atoms with Gasteiger partial charge in [-0.2, -0.15) is 0 Å². The van der Waals surface area contributed by atoms with E-state index in [2.05, 4.69) is 10.6 Å². The average Bonchev–Trinajstić information content (AvgIpc) is 2.73. The molecule has 29 heavy (non-hydrogen) atoms. The highest BCUT2D eigenvalue weighted by molar-refractivity contribution is 6.39. The molecule has 1 aromatic heterocycles. The SMILES string of the molecule is CNC(=O)C(=O)Nc1ccccc1C(=O)N1C[C@@H]2C[C@@H](C1)c1cccc(=O)n1C2. The summed E-state index contributed by atoms with van der Waals surface area (Å²) in [5.74, 6) is -1.48. The fraction of sp³-hybridized carbons (Fsp3) is 0.333. The minimum absolute atomic E-state index is 0.000708. The van der Waals surface area contributed by atoms with E-state index in [1.54, 1.807) is 41.3 Å². The number of hydrogen-bond donors (Lipinski definition) is 2. The first-order chi connectivity index (χ1) is 14.0. The molecule has 3 heterocycles. The second-order valence-corrected chi connectivity index (χ2v) is 7.49. The summed E-state index contributed by atoms with van der Waals surface area (Å²) in [6.07, 6.45) is 0.947. The fourth-order valence-electron chi connectivity index (χ4n) is 4.30. The van der Waals surface area contributed by atoms with Crippen molar-refractivity contribution in [2.24, 2.45) is 5.92 Å². The number of carbonyl (C=O) groups excluding carboxylic acids is 3. The molecule has 2 N–H and O–H groups in total.